The van der Waals surface area contributed by atoms with Gasteiger partial charge >= 0.3 is 6.09 Å². The van der Waals surface area contributed by atoms with Crippen LogP contribution < -0.4 is 10.1 Å². The summed E-state index contributed by atoms with van der Waals surface area (Å²) >= 11 is 0. The first kappa shape index (κ1) is 10.8. The Labute approximate surface area is 94.6 Å². The van der Waals surface area contributed by atoms with Gasteiger partial charge in [0.25, 0.3) is 0 Å². The number of ether oxygens (including phenoxy) is 2. The number of alkyl carbamates (subject to hydrolysis) is 1. The van der Waals surface area contributed by atoms with E-state index < -0.39 is 5.60 Å². The molecule has 1 aromatic rings. The van der Waals surface area contributed by atoms with Gasteiger partial charge in [-0.25, -0.2) is 4.79 Å². The van der Waals surface area contributed by atoms with Gasteiger partial charge in [0.15, 0.2) is 0 Å². The molecule has 86 valence electrons. The molecule has 0 aromatic heterocycles. The molecular formula is C12H15NO3. The predicted molar refractivity (Wildman–Crippen MR) is 59.4 cm³/mol. The van der Waals surface area contributed by atoms with Gasteiger partial charge in [0.2, 0.25) is 0 Å². The number of carbonyl (C=O) groups excluding carboxylic acids is 1. The average molecular weight is 221 g/mol. The zero-order chi connectivity index (χ0) is 11.8. The highest BCUT2D eigenvalue weighted by atomic mass is 16.6. The van der Waals surface area contributed by atoms with Crippen LogP contribution in [-0.2, 0) is 4.74 Å². The fraction of sp³-hybridized carbons (Fsp3) is 0.417. The van der Waals surface area contributed by atoms with Crippen molar-refractivity contribution in [3.63, 3.8) is 0 Å². The summed E-state index contributed by atoms with van der Waals surface area (Å²) in [5, 5.41) is 2.80. The maximum atomic E-state index is 11.2. The molecule has 1 heterocycles. The minimum absolute atomic E-state index is 0.120. The molecule has 1 N–H and O–H groups in total. The second-order valence-corrected chi connectivity index (χ2v) is 4.34. The molecule has 1 saturated heterocycles. The third-order valence-electron chi connectivity index (χ3n) is 2.76. The highest BCUT2D eigenvalue weighted by molar-refractivity contribution is 5.71. The number of amides is 1. The maximum Gasteiger partial charge on any atom is 0.408 e. The van der Waals surface area contributed by atoms with E-state index in [0.29, 0.717) is 0 Å². The quantitative estimate of drug-likeness (QED) is 0.833. The molecule has 1 aliphatic heterocycles. The van der Waals surface area contributed by atoms with Crippen molar-refractivity contribution in [1.29, 1.82) is 0 Å². The molecule has 16 heavy (non-hydrogen) atoms. The zero-order valence-electron chi connectivity index (χ0n) is 9.61. The summed E-state index contributed by atoms with van der Waals surface area (Å²) in [4.78, 5) is 11.2. The van der Waals surface area contributed by atoms with Gasteiger partial charge in [0.05, 0.1) is 13.2 Å². The van der Waals surface area contributed by atoms with Crippen molar-refractivity contribution < 1.29 is 14.3 Å². The smallest absolute Gasteiger partial charge is 0.408 e. The highest BCUT2D eigenvalue weighted by Gasteiger charge is 2.42. The molecule has 0 radical (unpaired) electrons. The number of benzene rings is 1. The summed E-state index contributed by atoms with van der Waals surface area (Å²) in [5.74, 6) is 0.798. The Morgan fingerprint density at radius 1 is 1.31 bits per heavy atom. The molecule has 1 aromatic carbocycles. The third kappa shape index (κ3) is 1.83. The third-order valence-corrected chi connectivity index (χ3v) is 2.76. The van der Waals surface area contributed by atoms with E-state index in [-0.39, 0.29) is 12.1 Å². The molecule has 4 heteroatoms. The molecular weight excluding hydrogens is 206 g/mol. The lowest BCUT2D eigenvalue weighted by atomic mass is 9.93. The Balaban J connectivity index is 2.26. The SMILES string of the molecule is COc1ccc([C@H]2NC(=O)OC2(C)C)cc1. The first-order valence-electron chi connectivity index (χ1n) is 5.16. The molecule has 0 saturated carbocycles. The van der Waals surface area contributed by atoms with Gasteiger partial charge < -0.3 is 14.8 Å². The number of methoxy groups -OCH3 is 1. The number of cyclic esters (lactones) is 1. The van der Waals surface area contributed by atoms with Crippen molar-refractivity contribution in [3.05, 3.63) is 29.8 Å². The number of carbonyl (C=O) groups is 1. The van der Waals surface area contributed by atoms with Crippen LogP contribution in [0.2, 0.25) is 0 Å². The normalized spacial score (nSPS) is 22.4. The molecule has 0 aliphatic carbocycles. The van der Waals surface area contributed by atoms with Crippen LogP contribution in [0, 0.1) is 0 Å². The van der Waals surface area contributed by atoms with Crippen LogP contribution in [0.5, 0.6) is 5.75 Å². The Hall–Kier alpha value is -1.71. The second-order valence-electron chi connectivity index (χ2n) is 4.34. The standard InChI is InChI=1S/C12H15NO3/c1-12(2)10(13-11(14)16-12)8-4-6-9(15-3)7-5-8/h4-7,10H,1-3H3,(H,13,14)/t10-/m1/s1. The van der Waals surface area contributed by atoms with E-state index in [1.165, 1.54) is 0 Å². The fourth-order valence-corrected chi connectivity index (χ4v) is 1.90. The van der Waals surface area contributed by atoms with E-state index in [0.717, 1.165) is 11.3 Å². The van der Waals surface area contributed by atoms with E-state index in [1.54, 1.807) is 7.11 Å². The van der Waals surface area contributed by atoms with Crippen LogP contribution in [0.3, 0.4) is 0 Å². The summed E-state index contributed by atoms with van der Waals surface area (Å²) < 4.78 is 10.3. The first-order chi connectivity index (χ1) is 7.53. The first-order valence-corrected chi connectivity index (χ1v) is 5.16. The van der Waals surface area contributed by atoms with Gasteiger partial charge in [-0.3, -0.25) is 0 Å². The monoisotopic (exact) mass is 221 g/mol. The van der Waals surface area contributed by atoms with E-state index in [4.69, 9.17) is 9.47 Å². The molecule has 0 bridgehead atoms. The van der Waals surface area contributed by atoms with E-state index >= 15 is 0 Å². The minimum Gasteiger partial charge on any atom is -0.497 e. The lowest BCUT2D eigenvalue weighted by Gasteiger charge is -2.23. The van der Waals surface area contributed by atoms with E-state index in [9.17, 15) is 4.79 Å². The molecule has 1 amide bonds. The van der Waals surface area contributed by atoms with Crippen LogP contribution in [-0.4, -0.2) is 18.8 Å². The zero-order valence-corrected chi connectivity index (χ0v) is 9.61. The maximum absolute atomic E-state index is 11.2. The number of hydrogen-bond acceptors (Lipinski definition) is 3. The van der Waals surface area contributed by atoms with Gasteiger partial charge in [-0.2, -0.15) is 0 Å². The average Bonchev–Trinajstić information content (AvgIpc) is 2.52. The summed E-state index contributed by atoms with van der Waals surface area (Å²) in [5.41, 5.74) is 0.489. The van der Waals surface area contributed by atoms with Crippen molar-refractivity contribution in [1.82, 2.24) is 5.32 Å². The Morgan fingerprint density at radius 2 is 1.94 bits per heavy atom. The molecule has 1 fully saturated rings. The highest BCUT2D eigenvalue weighted by Crippen LogP contribution is 2.34. The van der Waals surface area contributed by atoms with Gasteiger partial charge in [0.1, 0.15) is 11.4 Å². The predicted octanol–water partition coefficient (Wildman–Crippen LogP) is 2.25. The van der Waals surface area contributed by atoms with Crippen molar-refractivity contribution in [2.45, 2.75) is 25.5 Å². The van der Waals surface area contributed by atoms with Gasteiger partial charge in [-0.15, -0.1) is 0 Å². The summed E-state index contributed by atoms with van der Waals surface area (Å²) in [6, 6.07) is 7.48. The van der Waals surface area contributed by atoms with Crippen LogP contribution in [0.1, 0.15) is 25.5 Å². The molecule has 0 unspecified atom stereocenters. The lowest BCUT2D eigenvalue weighted by molar-refractivity contribution is 0.0684. The Kier molecular flexibility index (Phi) is 2.50. The number of nitrogens with one attached hydrogen (secondary N) is 1. The fourth-order valence-electron chi connectivity index (χ4n) is 1.90. The van der Waals surface area contributed by atoms with Crippen LogP contribution >= 0.6 is 0 Å². The second kappa shape index (κ2) is 3.70. The summed E-state index contributed by atoms with van der Waals surface area (Å²) in [7, 11) is 1.62. The Morgan fingerprint density at radius 3 is 2.38 bits per heavy atom. The molecule has 1 aliphatic rings. The molecule has 2 rings (SSSR count). The molecule has 1 atom stereocenters. The van der Waals surface area contributed by atoms with Crippen molar-refractivity contribution in [2.24, 2.45) is 0 Å². The lowest BCUT2D eigenvalue weighted by Crippen LogP contribution is -2.30. The molecule has 4 nitrogen and oxygen atoms in total. The van der Waals surface area contributed by atoms with Crippen molar-refractivity contribution in [3.8, 4) is 5.75 Å². The summed E-state index contributed by atoms with van der Waals surface area (Å²) in [6.45, 7) is 3.78. The van der Waals surface area contributed by atoms with Crippen molar-refractivity contribution >= 4 is 6.09 Å². The van der Waals surface area contributed by atoms with Crippen LogP contribution in [0.25, 0.3) is 0 Å². The molecule has 0 spiro atoms. The van der Waals surface area contributed by atoms with Gasteiger partial charge in [0, 0.05) is 0 Å². The van der Waals surface area contributed by atoms with Crippen molar-refractivity contribution in [2.75, 3.05) is 7.11 Å². The summed E-state index contributed by atoms with van der Waals surface area (Å²) in [6.07, 6.45) is -0.370. The number of rotatable bonds is 2. The van der Waals surface area contributed by atoms with Crippen LogP contribution in [0.15, 0.2) is 24.3 Å². The number of hydrogen-bond donors (Lipinski definition) is 1. The van der Waals surface area contributed by atoms with Gasteiger partial charge in [-0.05, 0) is 31.5 Å². The largest absolute Gasteiger partial charge is 0.497 e. The van der Waals surface area contributed by atoms with E-state index in [1.807, 2.05) is 38.1 Å². The Bertz CT molecular complexity index is 397. The van der Waals surface area contributed by atoms with Crippen LogP contribution in [0.4, 0.5) is 4.79 Å². The topological polar surface area (TPSA) is 47.6 Å². The van der Waals surface area contributed by atoms with E-state index in [2.05, 4.69) is 5.32 Å². The minimum atomic E-state index is -0.522. The van der Waals surface area contributed by atoms with Gasteiger partial charge in [-0.1, -0.05) is 12.1 Å².